The summed E-state index contributed by atoms with van der Waals surface area (Å²) in [7, 11) is 0.0652. The van der Waals surface area contributed by atoms with E-state index in [-0.39, 0.29) is 4.90 Å². The first-order valence-electron chi connectivity index (χ1n) is 5.67. The largest absolute Gasteiger partial charge is 0.352 e. The van der Waals surface area contributed by atoms with Crippen LogP contribution in [-0.4, -0.2) is 25.0 Å². The first-order chi connectivity index (χ1) is 8.92. The Morgan fingerprint density at radius 1 is 1.47 bits per heavy atom. The van der Waals surface area contributed by atoms with Crippen molar-refractivity contribution in [3.63, 3.8) is 0 Å². The first kappa shape index (κ1) is 14.0. The van der Waals surface area contributed by atoms with Crippen molar-refractivity contribution < 1.29 is 8.42 Å². The smallest absolute Gasteiger partial charge is 0.265 e. The number of nitrogens with zero attached hydrogens (tertiary/aromatic N) is 2. The molecule has 2 rings (SSSR count). The second-order valence-electron chi connectivity index (χ2n) is 4.19. The molecule has 6 nitrogen and oxygen atoms in total. The standard InChI is InChI=1S/C11H16N4O2S2/c1-8-5-13-11(18-8)14-19(16,17)10-4-9(6-12-2)15(3)7-10/h4-5,7,12H,6H2,1-3H3,(H,13,14). The summed E-state index contributed by atoms with van der Waals surface area (Å²) >= 11 is 1.31. The molecule has 0 aliphatic carbocycles. The van der Waals surface area contributed by atoms with E-state index in [0.29, 0.717) is 11.7 Å². The Balaban J connectivity index is 2.26. The van der Waals surface area contributed by atoms with E-state index in [1.54, 1.807) is 23.0 Å². The molecule has 8 heteroatoms. The number of anilines is 1. The third kappa shape index (κ3) is 3.14. The van der Waals surface area contributed by atoms with Gasteiger partial charge in [0.05, 0.1) is 0 Å². The van der Waals surface area contributed by atoms with E-state index in [9.17, 15) is 8.42 Å². The van der Waals surface area contributed by atoms with Gasteiger partial charge in [0.25, 0.3) is 10.0 Å². The third-order valence-electron chi connectivity index (χ3n) is 2.59. The van der Waals surface area contributed by atoms with Crippen molar-refractivity contribution >= 4 is 26.5 Å². The quantitative estimate of drug-likeness (QED) is 0.873. The van der Waals surface area contributed by atoms with Crippen LogP contribution < -0.4 is 10.0 Å². The number of thiazole rings is 1. The van der Waals surface area contributed by atoms with Crippen LogP contribution in [0.3, 0.4) is 0 Å². The lowest BCUT2D eigenvalue weighted by Crippen LogP contribution is -2.12. The zero-order chi connectivity index (χ0) is 14.0. The molecule has 0 aliphatic heterocycles. The van der Waals surface area contributed by atoms with Crippen LogP contribution in [0.4, 0.5) is 5.13 Å². The molecule has 104 valence electrons. The average molecular weight is 300 g/mol. The van der Waals surface area contributed by atoms with Crippen LogP contribution in [0.2, 0.25) is 0 Å². The molecule has 0 saturated heterocycles. The molecule has 0 bridgehead atoms. The highest BCUT2D eigenvalue weighted by molar-refractivity contribution is 7.93. The van der Waals surface area contributed by atoms with Gasteiger partial charge in [-0.1, -0.05) is 0 Å². The van der Waals surface area contributed by atoms with Crippen molar-refractivity contribution in [3.05, 3.63) is 29.0 Å². The van der Waals surface area contributed by atoms with Gasteiger partial charge >= 0.3 is 0 Å². The Morgan fingerprint density at radius 3 is 2.79 bits per heavy atom. The Kier molecular flexibility index (Phi) is 3.93. The molecule has 2 N–H and O–H groups in total. The number of aryl methyl sites for hydroxylation is 2. The topological polar surface area (TPSA) is 76.0 Å². The molecule has 0 radical (unpaired) electrons. The van der Waals surface area contributed by atoms with Crippen molar-refractivity contribution in [2.45, 2.75) is 18.4 Å². The number of nitrogens with one attached hydrogen (secondary N) is 2. The normalized spacial score (nSPS) is 11.7. The van der Waals surface area contributed by atoms with Gasteiger partial charge in [-0.05, 0) is 20.0 Å². The van der Waals surface area contributed by atoms with Crippen molar-refractivity contribution in [2.75, 3.05) is 11.8 Å². The highest BCUT2D eigenvalue weighted by atomic mass is 32.2. The van der Waals surface area contributed by atoms with E-state index in [4.69, 9.17) is 0 Å². The molecular formula is C11H16N4O2S2. The van der Waals surface area contributed by atoms with E-state index >= 15 is 0 Å². The summed E-state index contributed by atoms with van der Waals surface area (Å²) in [6.07, 6.45) is 3.23. The number of sulfonamides is 1. The summed E-state index contributed by atoms with van der Waals surface area (Å²) in [4.78, 5) is 5.20. The molecule has 0 saturated carbocycles. The monoisotopic (exact) mass is 300 g/mol. The fourth-order valence-electron chi connectivity index (χ4n) is 1.66. The molecule has 0 fully saturated rings. The molecule has 0 atom stereocenters. The Morgan fingerprint density at radius 2 is 2.21 bits per heavy atom. The lowest BCUT2D eigenvalue weighted by atomic mass is 10.4. The van der Waals surface area contributed by atoms with Crippen LogP contribution in [0, 0.1) is 6.92 Å². The zero-order valence-electron chi connectivity index (χ0n) is 11.0. The molecule has 2 heterocycles. The minimum Gasteiger partial charge on any atom is -0.352 e. The number of rotatable bonds is 5. The molecular weight excluding hydrogens is 284 g/mol. The minimum absolute atomic E-state index is 0.244. The lowest BCUT2D eigenvalue weighted by Gasteiger charge is -2.01. The second-order valence-corrected chi connectivity index (χ2v) is 7.11. The van der Waals surface area contributed by atoms with E-state index in [1.807, 2.05) is 21.0 Å². The van der Waals surface area contributed by atoms with Gasteiger partial charge in [0.1, 0.15) is 4.90 Å². The highest BCUT2D eigenvalue weighted by Gasteiger charge is 2.18. The van der Waals surface area contributed by atoms with E-state index < -0.39 is 10.0 Å². The van der Waals surface area contributed by atoms with Gasteiger partial charge in [0.2, 0.25) is 0 Å². The van der Waals surface area contributed by atoms with E-state index in [2.05, 4.69) is 15.0 Å². The predicted molar refractivity (Wildman–Crippen MR) is 75.8 cm³/mol. The van der Waals surface area contributed by atoms with Crippen LogP contribution in [0.5, 0.6) is 0 Å². The summed E-state index contributed by atoms with van der Waals surface area (Å²) in [5.74, 6) is 0. The summed E-state index contributed by atoms with van der Waals surface area (Å²) in [5.41, 5.74) is 0.901. The first-order valence-corrected chi connectivity index (χ1v) is 7.97. The van der Waals surface area contributed by atoms with Gasteiger partial charge in [-0.3, -0.25) is 4.72 Å². The molecule has 0 amide bonds. The molecule has 2 aromatic rings. The van der Waals surface area contributed by atoms with Crippen LogP contribution in [0.25, 0.3) is 0 Å². The lowest BCUT2D eigenvalue weighted by molar-refractivity contribution is 0.601. The van der Waals surface area contributed by atoms with Gasteiger partial charge in [0, 0.05) is 36.6 Å². The third-order valence-corrected chi connectivity index (χ3v) is 4.86. The van der Waals surface area contributed by atoms with E-state index in [0.717, 1.165) is 10.6 Å². The summed E-state index contributed by atoms with van der Waals surface area (Å²) in [6, 6.07) is 1.65. The number of aromatic nitrogens is 2. The van der Waals surface area contributed by atoms with Crippen molar-refractivity contribution in [3.8, 4) is 0 Å². The maximum absolute atomic E-state index is 12.2. The Bertz CT molecular complexity index is 673. The predicted octanol–water partition coefficient (Wildman–Crippen LogP) is 1.31. The fourth-order valence-corrected chi connectivity index (χ4v) is 3.66. The maximum Gasteiger partial charge on any atom is 0.265 e. The zero-order valence-corrected chi connectivity index (χ0v) is 12.6. The van der Waals surface area contributed by atoms with Crippen molar-refractivity contribution in [1.29, 1.82) is 0 Å². The van der Waals surface area contributed by atoms with Gasteiger partial charge in [-0.25, -0.2) is 13.4 Å². The average Bonchev–Trinajstić information content (AvgIpc) is 2.87. The van der Waals surface area contributed by atoms with E-state index in [1.165, 1.54) is 11.3 Å². The van der Waals surface area contributed by atoms with Crippen LogP contribution in [-0.2, 0) is 23.6 Å². The molecule has 0 unspecified atom stereocenters. The fraction of sp³-hybridized carbons (Fsp3) is 0.364. The van der Waals surface area contributed by atoms with Crippen LogP contribution in [0.15, 0.2) is 23.4 Å². The van der Waals surface area contributed by atoms with Crippen molar-refractivity contribution in [2.24, 2.45) is 7.05 Å². The number of hydrogen-bond donors (Lipinski definition) is 2. The van der Waals surface area contributed by atoms with Gasteiger partial charge in [0.15, 0.2) is 5.13 Å². The van der Waals surface area contributed by atoms with Gasteiger partial charge in [-0.2, -0.15) is 0 Å². The maximum atomic E-state index is 12.2. The van der Waals surface area contributed by atoms with Gasteiger partial charge < -0.3 is 9.88 Å². The summed E-state index contributed by atoms with van der Waals surface area (Å²) < 4.78 is 28.7. The number of hydrogen-bond acceptors (Lipinski definition) is 5. The molecule has 19 heavy (non-hydrogen) atoms. The van der Waals surface area contributed by atoms with Gasteiger partial charge in [-0.15, -0.1) is 11.3 Å². The molecule has 0 spiro atoms. The summed E-state index contributed by atoms with van der Waals surface area (Å²) in [5, 5.41) is 3.38. The molecule has 0 aromatic carbocycles. The van der Waals surface area contributed by atoms with Crippen LogP contribution >= 0.6 is 11.3 Å². The molecule has 0 aliphatic rings. The van der Waals surface area contributed by atoms with Crippen LogP contribution in [0.1, 0.15) is 10.6 Å². The summed E-state index contributed by atoms with van der Waals surface area (Å²) in [6.45, 7) is 2.49. The molecule has 2 aromatic heterocycles. The Labute approximate surface area is 116 Å². The minimum atomic E-state index is -3.57. The SMILES string of the molecule is CNCc1cc(S(=O)(=O)Nc2ncc(C)s2)cn1C. The van der Waals surface area contributed by atoms with Crippen molar-refractivity contribution in [1.82, 2.24) is 14.9 Å². The Hall–Kier alpha value is -1.38. The highest BCUT2D eigenvalue weighted by Crippen LogP contribution is 2.22. The second kappa shape index (κ2) is 5.32.